The fourth-order valence-electron chi connectivity index (χ4n) is 2.62. The van der Waals surface area contributed by atoms with Gasteiger partial charge in [-0.3, -0.25) is 10.1 Å². The normalized spacial score (nSPS) is 10.8. The average molecular weight is 400 g/mol. The summed E-state index contributed by atoms with van der Waals surface area (Å²) in [7, 11) is 3.17. The molecule has 0 unspecified atom stereocenters. The maximum absolute atomic E-state index is 12.4. The summed E-state index contributed by atoms with van der Waals surface area (Å²) >= 11 is 0. The molecule has 0 spiro atoms. The van der Waals surface area contributed by atoms with Crippen molar-refractivity contribution in [3.8, 4) is 11.5 Å². The highest BCUT2D eigenvalue weighted by atomic mass is 16.6. The number of nitrogens with one attached hydrogen (secondary N) is 2. The molecule has 0 atom stereocenters. The van der Waals surface area contributed by atoms with Crippen LogP contribution in [0.3, 0.4) is 0 Å². The minimum atomic E-state index is -0.594. The van der Waals surface area contributed by atoms with Crippen LogP contribution < -0.4 is 20.1 Å². The largest absolute Gasteiger partial charge is 0.493 e. The van der Waals surface area contributed by atoms with E-state index in [0.29, 0.717) is 35.7 Å². The fourth-order valence-corrected chi connectivity index (χ4v) is 2.62. The van der Waals surface area contributed by atoms with Gasteiger partial charge in [0.05, 0.1) is 14.2 Å². The summed E-state index contributed by atoms with van der Waals surface area (Å²) in [6.07, 6.45) is 0.0746. The van der Waals surface area contributed by atoms with Crippen molar-refractivity contribution in [1.29, 1.82) is 0 Å². The molecule has 0 aliphatic heterocycles. The zero-order valence-electron chi connectivity index (χ0n) is 17.5. The number of carbonyl (C=O) groups excluding carboxylic acids is 2. The predicted octanol–water partition coefficient (Wildman–Crippen LogP) is 4.02. The first-order valence-corrected chi connectivity index (χ1v) is 9.31. The van der Waals surface area contributed by atoms with E-state index in [1.54, 1.807) is 59.3 Å². The van der Waals surface area contributed by atoms with Crippen molar-refractivity contribution in [1.82, 2.24) is 5.32 Å². The van der Waals surface area contributed by atoms with Crippen LogP contribution in [0.2, 0.25) is 0 Å². The molecule has 2 aromatic rings. The maximum Gasteiger partial charge on any atom is 0.412 e. The number of hydrogen-bond donors (Lipinski definition) is 2. The van der Waals surface area contributed by atoms with Crippen LogP contribution >= 0.6 is 0 Å². The standard InChI is InChI=1S/C22H28N2O5/c1-22(2,3)29-21(26)24-17-8-6-7-16(14-17)20(25)23-12-11-15-9-10-18(27-4)19(13-15)28-5/h6-10,13-14H,11-12H2,1-5H3,(H,23,25)(H,24,26). The van der Waals surface area contributed by atoms with Gasteiger partial charge >= 0.3 is 6.09 Å². The molecule has 2 aromatic carbocycles. The third kappa shape index (κ3) is 7.03. The zero-order chi connectivity index (χ0) is 21.4. The number of carbonyl (C=O) groups is 2. The van der Waals surface area contributed by atoms with E-state index < -0.39 is 11.7 Å². The Bertz CT molecular complexity index is 859. The van der Waals surface area contributed by atoms with Gasteiger partial charge in [0, 0.05) is 17.8 Å². The van der Waals surface area contributed by atoms with E-state index in [2.05, 4.69) is 10.6 Å². The number of amides is 2. The molecule has 0 aromatic heterocycles. The third-order valence-electron chi connectivity index (χ3n) is 3.92. The van der Waals surface area contributed by atoms with Crippen LogP contribution in [0.1, 0.15) is 36.7 Å². The second-order valence-corrected chi connectivity index (χ2v) is 7.40. The minimum absolute atomic E-state index is 0.224. The molecule has 0 heterocycles. The molecule has 0 aliphatic rings. The number of hydrogen-bond acceptors (Lipinski definition) is 5. The highest BCUT2D eigenvalue weighted by molar-refractivity contribution is 5.96. The van der Waals surface area contributed by atoms with Gasteiger partial charge < -0.3 is 19.5 Å². The zero-order valence-corrected chi connectivity index (χ0v) is 17.5. The quantitative estimate of drug-likeness (QED) is 0.733. The molecule has 156 valence electrons. The van der Waals surface area contributed by atoms with Crippen LogP contribution in [0.4, 0.5) is 10.5 Å². The topological polar surface area (TPSA) is 85.9 Å². The molecule has 7 heteroatoms. The maximum atomic E-state index is 12.4. The van der Waals surface area contributed by atoms with Crippen molar-refractivity contribution in [3.63, 3.8) is 0 Å². The van der Waals surface area contributed by atoms with E-state index in [-0.39, 0.29) is 5.91 Å². The Morgan fingerprint density at radius 3 is 2.34 bits per heavy atom. The highest BCUT2D eigenvalue weighted by Gasteiger charge is 2.16. The third-order valence-corrected chi connectivity index (χ3v) is 3.92. The van der Waals surface area contributed by atoms with E-state index in [0.717, 1.165) is 5.56 Å². The van der Waals surface area contributed by atoms with Crippen LogP contribution in [-0.2, 0) is 11.2 Å². The Labute approximate surface area is 171 Å². The Balaban J connectivity index is 1.92. The van der Waals surface area contributed by atoms with E-state index >= 15 is 0 Å². The molecular weight excluding hydrogens is 372 g/mol. The second kappa shape index (κ2) is 9.82. The molecular formula is C22H28N2O5. The first kappa shape index (κ1) is 22.1. The summed E-state index contributed by atoms with van der Waals surface area (Å²) in [4.78, 5) is 24.3. The molecule has 2 rings (SSSR count). The van der Waals surface area contributed by atoms with Crippen molar-refractivity contribution >= 4 is 17.7 Å². The monoisotopic (exact) mass is 400 g/mol. The molecule has 0 fully saturated rings. The molecule has 0 saturated heterocycles. The van der Waals surface area contributed by atoms with Gasteiger partial charge in [-0.2, -0.15) is 0 Å². The summed E-state index contributed by atoms with van der Waals surface area (Å²) in [5.74, 6) is 1.09. The van der Waals surface area contributed by atoms with Crippen molar-refractivity contribution in [2.45, 2.75) is 32.8 Å². The van der Waals surface area contributed by atoms with E-state index in [4.69, 9.17) is 14.2 Å². The summed E-state index contributed by atoms with van der Waals surface area (Å²) in [5, 5.41) is 5.51. The smallest absolute Gasteiger partial charge is 0.412 e. The lowest BCUT2D eigenvalue weighted by atomic mass is 10.1. The van der Waals surface area contributed by atoms with Crippen LogP contribution in [-0.4, -0.2) is 38.4 Å². The van der Waals surface area contributed by atoms with Gasteiger partial charge in [-0.15, -0.1) is 0 Å². The van der Waals surface area contributed by atoms with Crippen LogP contribution in [0.25, 0.3) is 0 Å². The van der Waals surface area contributed by atoms with Crippen LogP contribution in [0, 0.1) is 0 Å². The Kier molecular flexibility index (Phi) is 7.47. The van der Waals surface area contributed by atoms with Gasteiger partial charge in [-0.25, -0.2) is 4.79 Å². The number of benzene rings is 2. The van der Waals surface area contributed by atoms with E-state index in [1.807, 2.05) is 18.2 Å². The molecule has 0 radical (unpaired) electrons. The van der Waals surface area contributed by atoms with Gasteiger partial charge in [-0.1, -0.05) is 12.1 Å². The molecule has 0 bridgehead atoms. The summed E-state index contributed by atoms with van der Waals surface area (Å²) in [6.45, 7) is 5.82. The van der Waals surface area contributed by atoms with Crippen molar-refractivity contribution in [2.24, 2.45) is 0 Å². The molecule has 29 heavy (non-hydrogen) atoms. The lowest BCUT2D eigenvalue weighted by Gasteiger charge is -2.19. The molecule has 2 amide bonds. The molecule has 7 nitrogen and oxygen atoms in total. The number of ether oxygens (including phenoxy) is 3. The van der Waals surface area contributed by atoms with Crippen molar-refractivity contribution < 1.29 is 23.8 Å². The summed E-state index contributed by atoms with van der Waals surface area (Å²) in [5.41, 5.74) is 1.37. The lowest BCUT2D eigenvalue weighted by molar-refractivity contribution is 0.0635. The second-order valence-electron chi connectivity index (χ2n) is 7.40. The Hall–Kier alpha value is -3.22. The SMILES string of the molecule is COc1ccc(CCNC(=O)c2cccc(NC(=O)OC(C)(C)C)c2)cc1OC. The van der Waals surface area contributed by atoms with E-state index in [9.17, 15) is 9.59 Å². The molecule has 0 aliphatic carbocycles. The molecule has 2 N–H and O–H groups in total. The first-order chi connectivity index (χ1) is 13.7. The van der Waals surface area contributed by atoms with Gasteiger partial charge in [0.15, 0.2) is 11.5 Å². The average Bonchev–Trinajstić information content (AvgIpc) is 2.66. The number of rotatable bonds is 7. The molecule has 0 saturated carbocycles. The number of methoxy groups -OCH3 is 2. The van der Waals surface area contributed by atoms with Crippen molar-refractivity contribution in [2.75, 3.05) is 26.1 Å². The fraction of sp³-hybridized carbons (Fsp3) is 0.364. The minimum Gasteiger partial charge on any atom is -0.493 e. The first-order valence-electron chi connectivity index (χ1n) is 9.31. The van der Waals surface area contributed by atoms with Gasteiger partial charge in [-0.05, 0) is 63.1 Å². The predicted molar refractivity (Wildman–Crippen MR) is 112 cm³/mol. The summed E-state index contributed by atoms with van der Waals surface area (Å²) in [6, 6.07) is 12.3. The van der Waals surface area contributed by atoms with Gasteiger partial charge in [0.25, 0.3) is 5.91 Å². The highest BCUT2D eigenvalue weighted by Crippen LogP contribution is 2.27. The van der Waals surface area contributed by atoms with Gasteiger partial charge in [0.2, 0.25) is 0 Å². The van der Waals surface area contributed by atoms with Crippen LogP contribution in [0.5, 0.6) is 11.5 Å². The lowest BCUT2D eigenvalue weighted by Crippen LogP contribution is -2.28. The Morgan fingerprint density at radius 2 is 1.69 bits per heavy atom. The summed E-state index contributed by atoms with van der Waals surface area (Å²) < 4.78 is 15.7. The number of anilines is 1. The van der Waals surface area contributed by atoms with Gasteiger partial charge in [0.1, 0.15) is 5.60 Å². The van der Waals surface area contributed by atoms with Crippen LogP contribution in [0.15, 0.2) is 42.5 Å². The Morgan fingerprint density at radius 1 is 0.966 bits per heavy atom. The van der Waals surface area contributed by atoms with Crippen molar-refractivity contribution in [3.05, 3.63) is 53.6 Å². The van der Waals surface area contributed by atoms with E-state index in [1.165, 1.54) is 0 Å².